The number of nitrogens with zero attached hydrogens (tertiary/aromatic N) is 2. The van der Waals surface area contributed by atoms with Crippen LogP contribution in [-0.4, -0.2) is 27.2 Å². The Morgan fingerprint density at radius 1 is 0.727 bits per heavy atom. The predicted octanol–water partition coefficient (Wildman–Crippen LogP) is 5.83. The van der Waals surface area contributed by atoms with Gasteiger partial charge >= 0.3 is 5.97 Å². The molecule has 164 valence electrons. The fourth-order valence-corrected chi connectivity index (χ4v) is 4.20. The molecule has 2 aromatic carbocycles. The van der Waals surface area contributed by atoms with Crippen LogP contribution in [0.5, 0.6) is 0 Å². The maximum absolute atomic E-state index is 12.0. The van der Waals surface area contributed by atoms with E-state index in [1.165, 1.54) is 18.2 Å². The minimum Gasteiger partial charge on any atom is -0.464 e. The third-order valence-electron chi connectivity index (χ3n) is 5.82. The highest BCUT2D eigenvalue weighted by Gasteiger charge is 2.17. The van der Waals surface area contributed by atoms with Crippen LogP contribution < -0.4 is 0 Å². The van der Waals surface area contributed by atoms with Gasteiger partial charge in [0.15, 0.2) is 0 Å². The molecule has 0 atom stereocenters. The maximum atomic E-state index is 12.0. The number of benzene rings is 2. The van der Waals surface area contributed by atoms with E-state index in [1.807, 2.05) is 18.2 Å². The maximum Gasteiger partial charge on any atom is 0.354 e. The van der Waals surface area contributed by atoms with Crippen molar-refractivity contribution in [1.29, 1.82) is 0 Å². The van der Waals surface area contributed by atoms with Crippen molar-refractivity contribution in [3.8, 4) is 22.8 Å². The Morgan fingerprint density at radius 3 is 2.09 bits per heavy atom. The van der Waals surface area contributed by atoms with Crippen LogP contribution in [0.3, 0.4) is 0 Å². The number of aromatic nitrogens is 3. The molecule has 0 bridgehead atoms. The number of hydrogen-bond acceptors (Lipinski definition) is 2. The van der Waals surface area contributed by atoms with Crippen molar-refractivity contribution in [2.24, 2.45) is 0 Å². The lowest BCUT2D eigenvalue weighted by Crippen LogP contribution is -2.07. The van der Waals surface area contributed by atoms with Crippen LogP contribution >= 0.6 is 0 Å². The molecule has 5 aromatic rings. The van der Waals surface area contributed by atoms with E-state index in [1.54, 1.807) is 6.07 Å². The molecular weight excluding hydrogens is 410 g/mol. The molecular formula is C28H25N3O2. The average Bonchev–Trinajstić information content (AvgIpc) is 3.60. The smallest absolute Gasteiger partial charge is 0.354 e. The molecule has 0 saturated heterocycles. The molecule has 0 aliphatic carbocycles. The summed E-state index contributed by atoms with van der Waals surface area (Å²) in [6.45, 7) is 1.51. The number of esters is 1. The number of hydrogen-bond donors (Lipinski definition) is 1. The lowest BCUT2D eigenvalue weighted by atomic mass is 10.2. The van der Waals surface area contributed by atoms with Crippen molar-refractivity contribution in [3.63, 3.8) is 0 Å². The lowest BCUT2D eigenvalue weighted by molar-refractivity contribution is 0.0595. The first-order chi connectivity index (χ1) is 16.2. The number of carbonyl (C=O) groups excluding carboxylic acids is 1. The third-order valence-corrected chi connectivity index (χ3v) is 5.82. The highest BCUT2D eigenvalue weighted by Crippen LogP contribution is 2.30. The molecule has 0 spiro atoms. The number of methoxy groups -OCH3 is 1. The highest BCUT2D eigenvalue weighted by molar-refractivity contribution is 5.88. The minimum absolute atomic E-state index is 0.376. The van der Waals surface area contributed by atoms with Crippen LogP contribution in [0.15, 0.2) is 103 Å². The van der Waals surface area contributed by atoms with Crippen molar-refractivity contribution in [1.82, 2.24) is 14.1 Å². The molecule has 0 aliphatic heterocycles. The number of ether oxygens (including phenoxy) is 1. The Hall–Kier alpha value is -4.25. The normalized spacial score (nSPS) is 10.9. The summed E-state index contributed by atoms with van der Waals surface area (Å²) in [7, 11) is 1.39. The van der Waals surface area contributed by atoms with E-state index in [-0.39, 0.29) is 5.97 Å². The number of nitrogens with one attached hydrogen (secondary N) is 1. The molecule has 0 unspecified atom stereocenters. The average molecular weight is 436 g/mol. The zero-order valence-corrected chi connectivity index (χ0v) is 18.4. The Balaban J connectivity index is 1.58. The quantitative estimate of drug-likeness (QED) is 0.327. The molecule has 0 saturated carbocycles. The summed E-state index contributed by atoms with van der Waals surface area (Å²) in [4.78, 5) is 15.2. The molecule has 0 radical (unpaired) electrons. The molecule has 5 heteroatoms. The van der Waals surface area contributed by atoms with Crippen molar-refractivity contribution in [2.75, 3.05) is 7.11 Å². The van der Waals surface area contributed by atoms with Gasteiger partial charge < -0.3 is 18.9 Å². The van der Waals surface area contributed by atoms with E-state index >= 15 is 0 Å². The Bertz CT molecular complexity index is 1360. The Labute approximate surface area is 192 Å². The second kappa shape index (κ2) is 9.09. The first kappa shape index (κ1) is 20.6. The van der Waals surface area contributed by atoms with Crippen molar-refractivity contribution < 1.29 is 9.53 Å². The van der Waals surface area contributed by atoms with E-state index < -0.39 is 0 Å². The lowest BCUT2D eigenvalue weighted by Gasteiger charge is -2.16. The van der Waals surface area contributed by atoms with Gasteiger partial charge in [0.1, 0.15) is 5.69 Å². The zero-order chi connectivity index (χ0) is 22.6. The topological polar surface area (TPSA) is 51.9 Å². The van der Waals surface area contributed by atoms with Gasteiger partial charge in [0, 0.05) is 19.3 Å². The molecule has 3 heterocycles. The van der Waals surface area contributed by atoms with Crippen LogP contribution in [-0.2, 0) is 17.8 Å². The van der Waals surface area contributed by atoms with Gasteiger partial charge in [0.2, 0.25) is 0 Å². The monoisotopic (exact) mass is 435 g/mol. The van der Waals surface area contributed by atoms with E-state index in [4.69, 9.17) is 4.74 Å². The summed E-state index contributed by atoms with van der Waals surface area (Å²) < 4.78 is 9.43. The van der Waals surface area contributed by atoms with Crippen LogP contribution in [0.25, 0.3) is 22.8 Å². The first-order valence-electron chi connectivity index (χ1n) is 10.9. The van der Waals surface area contributed by atoms with Gasteiger partial charge in [-0.25, -0.2) is 4.79 Å². The molecule has 0 aliphatic rings. The van der Waals surface area contributed by atoms with Crippen molar-refractivity contribution in [2.45, 2.75) is 13.1 Å². The predicted molar refractivity (Wildman–Crippen MR) is 130 cm³/mol. The molecule has 3 aromatic heterocycles. The van der Waals surface area contributed by atoms with Gasteiger partial charge in [-0.2, -0.15) is 0 Å². The fraction of sp³-hybridized carbons (Fsp3) is 0.107. The van der Waals surface area contributed by atoms with Gasteiger partial charge in [0.05, 0.1) is 29.9 Å². The number of H-pyrrole nitrogens is 1. The van der Waals surface area contributed by atoms with Gasteiger partial charge in [-0.15, -0.1) is 0 Å². The van der Waals surface area contributed by atoms with Gasteiger partial charge in [-0.1, -0.05) is 60.7 Å². The molecule has 5 nitrogen and oxygen atoms in total. The summed E-state index contributed by atoms with van der Waals surface area (Å²) >= 11 is 0. The van der Waals surface area contributed by atoms with Gasteiger partial charge in [0.25, 0.3) is 0 Å². The minimum atomic E-state index is -0.376. The Morgan fingerprint density at radius 2 is 1.39 bits per heavy atom. The summed E-state index contributed by atoms with van der Waals surface area (Å²) in [6.07, 6.45) is 2.12. The molecule has 0 fully saturated rings. The van der Waals surface area contributed by atoms with Crippen LogP contribution in [0.2, 0.25) is 0 Å². The number of carbonyl (C=O) groups is 1. The number of aromatic amines is 1. The summed E-state index contributed by atoms with van der Waals surface area (Å²) in [5, 5.41) is 0. The van der Waals surface area contributed by atoms with Gasteiger partial charge in [-0.05, 0) is 47.5 Å². The van der Waals surface area contributed by atoms with Crippen molar-refractivity contribution in [3.05, 3.63) is 120 Å². The van der Waals surface area contributed by atoms with Crippen molar-refractivity contribution >= 4 is 5.97 Å². The molecule has 33 heavy (non-hydrogen) atoms. The van der Waals surface area contributed by atoms with Crippen LogP contribution in [0.1, 0.15) is 21.6 Å². The van der Waals surface area contributed by atoms with Crippen LogP contribution in [0, 0.1) is 0 Å². The fourth-order valence-electron chi connectivity index (χ4n) is 4.20. The highest BCUT2D eigenvalue weighted by atomic mass is 16.5. The molecule has 1 N–H and O–H groups in total. The SMILES string of the molecule is COC(=O)c1ccc(-c2ccc(-c3cccn3Cc3ccccc3)n2Cc2ccccc2)[nH]1. The van der Waals surface area contributed by atoms with E-state index in [0.29, 0.717) is 12.2 Å². The third kappa shape index (κ3) is 4.26. The van der Waals surface area contributed by atoms with Crippen LogP contribution in [0.4, 0.5) is 0 Å². The van der Waals surface area contributed by atoms with E-state index in [2.05, 4.69) is 93.1 Å². The number of rotatable bonds is 7. The standard InChI is InChI=1S/C28H25N3O2/c1-33-28(32)24-15-14-23(29-24)25-16-17-27(31(25)20-22-11-6-3-7-12-22)26-13-8-18-30(26)19-21-9-4-2-5-10-21/h2-18,29H,19-20H2,1H3. The molecule has 5 rings (SSSR count). The molecule has 0 amide bonds. The Kier molecular flexibility index (Phi) is 5.68. The van der Waals surface area contributed by atoms with E-state index in [0.717, 1.165) is 29.3 Å². The summed E-state index contributed by atoms with van der Waals surface area (Å²) in [6, 6.07) is 33.0. The second-order valence-electron chi connectivity index (χ2n) is 7.96. The summed E-state index contributed by atoms with van der Waals surface area (Å²) in [5.41, 5.74) is 7.04. The second-order valence-corrected chi connectivity index (χ2v) is 7.96. The van der Waals surface area contributed by atoms with Gasteiger partial charge in [-0.3, -0.25) is 0 Å². The zero-order valence-electron chi connectivity index (χ0n) is 18.4. The first-order valence-corrected chi connectivity index (χ1v) is 10.9. The largest absolute Gasteiger partial charge is 0.464 e. The van der Waals surface area contributed by atoms with E-state index in [9.17, 15) is 4.79 Å². The summed E-state index contributed by atoms with van der Waals surface area (Å²) in [5.74, 6) is -0.376.